The first-order valence-electron chi connectivity index (χ1n) is 26.7. The monoisotopic (exact) mass is 1090 g/mol. The molecule has 21 heteroatoms. The first kappa shape index (κ1) is 56.1. The molecule has 6 heterocycles. The number of likely N-dealkylation sites (tertiary alicyclic amines) is 2. The van der Waals surface area contributed by atoms with E-state index >= 15 is 8.78 Å². The molecule has 4 amide bonds. The number of aromatic nitrogens is 5. The molecule has 78 heavy (non-hydrogen) atoms. The van der Waals surface area contributed by atoms with Crippen LogP contribution < -0.4 is 10.6 Å². The van der Waals surface area contributed by atoms with E-state index in [1.807, 2.05) is 78.7 Å². The number of nitrogens with zero attached hydrogens (tertiary/aromatic N) is 8. The van der Waals surface area contributed by atoms with Gasteiger partial charge in [0.25, 0.3) is 0 Å². The van der Waals surface area contributed by atoms with Crippen molar-refractivity contribution in [1.29, 1.82) is 0 Å². The molecule has 6 aromatic rings. The average Bonchev–Trinajstić information content (AvgIpc) is 4.33. The summed E-state index contributed by atoms with van der Waals surface area (Å²) in [5, 5.41) is 21.0. The molecule has 1 unspecified atom stereocenters. The van der Waals surface area contributed by atoms with Gasteiger partial charge in [-0.3, -0.25) is 33.7 Å². The third-order valence-corrected chi connectivity index (χ3v) is 15.6. The number of carbonyl (C=O) groups excluding carboxylic acids is 4. The van der Waals surface area contributed by atoms with Gasteiger partial charge in [0.15, 0.2) is 0 Å². The number of hydrogen-bond acceptors (Lipinski definition) is 14. The summed E-state index contributed by atoms with van der Waals surface area (Å²) < 4.78 is 49.5. The van der Waals surface area contributed by atoms with Crippen molar-refractivity contribution in [2.45, 2.75) is 97.1 Å². The lowest BCUT2D eigenvalue weighted by atomic mass is 9.85. The zero-order valence-corrected chi connectivity index (χ0v) is 45.4. The Kier molecular flexibility index (Phi) is 18.3. The Bertz CT molecular complexity index is 3040. The molecular formula is C57H68F2N10O8S. The second-order valence-corrected chi connectivity index (χ2v) is 22.1. The Morgan fingerprint density at radius 3 is 2.29 bits per heavy atom. The quantitative estimate of drug-likeness (QED) is 0.0701. The number of fused-ring (bicyclic) bond motifs is 1. The molecule has 0 saturated carbocycles. The molecule has 3 aliphatic heterocycles. The minimum Gasteiger partial charge on any atom is -0.391 e. The van der Waals surface area contributed by atoms with Crippen LogP contribution in [0.2, 0.25) is 0 Å². The standard InChI is InChI=1S/C57H68F2N10O8S/c1-36-53(78-35-62-36)38-10-8-37(9-11-38)29-61-55(73)49-28-42(70)33-68(49)56(74)54(57(2,3)4)65-50(71)14-20-75-24-25-76-21-15-51(72)67-16-12-41(13-17-67)69-32-40(30-63-69)48-31-60-47-7-5-6-43(52(47)64-48)39-26-45(58)44(46(59)27-39)34-66-18-22-77-23-19-66/h5-11,26-27,30-32,35,41-42,49,54,70H,12-25,28-29,33-34H2,1-4H3,(H,61,73)(H,65,71)/t42-,49+,54?/m1/s1. The van der Waals surface area contributed by atoms with E-state index in [-0.39, 0.29) is 88.7 Å². The number of β-amino-alcohol motifs (C(OH)–C–C–N with tert-alkyl or cyclic N) is 1. The van der Waals surface area contributed by atoms with Gasteiger partial charge in [-0.05, 0) is 60.1 Å². The van der Waals surface area contributed by atoms with Crippen LogP contribution in [-0.2, 0) is 46.5 Å². The molecule has 3 aromatic carbocycles. The van der Waals surface area contributed by atoms with Gasteiger partial charge in [0.1, 0.15) is 23.7 Å². The summed E-state index contributed by atoms with van der Waals surface area (Å²) in [7, 11) is 0. The van der Waals surface area contributed by atoms with Crippen molar-refractivity contribution in [3.05, 3.63) is 107 Å². The van der Waals surface area contributed by atoms with Crippen molar-refractivity contribution < 1.29 is 47.3 Å². The van der Waals surface area contributed by atoms with Crippen molar-refractivity contribution >= 4 is 46.0 Å². The number of ether oxygens (including phenoxy) is 3. The molecule has 0 radical (unpaired) electrons. The molecule has 3 saturated heterocycles. The third kappa shape index (κ3) is 13.8. The zero-order valence-electron chi connectivity index (χ0n) is 44.6. The maximum absolute atomic E-state index is 15.5. The van der Waals surface area contributed by atoms with Gasteiger partial charge in [0, 0.05) is 81.5 Å². The van der Waals surface area contributed by atoms with E-state index in [1.54, 1.807) is 41.4 Å². The highest BCUT2D eigenvalue weighted by Gasteiger charge is 2.44. The number of thiazole rings is 1. The summed E-state index contributed by atoms with van der Waals surface area (Å²) in [4.78, 5) is 73.9. The predicted octanol–water partition coefficient (Wildman–Crippen LogP) is 6.49. The van der Waals surface area contributed by atoms with Crippen LogP contribution in [0.1, 0.15) is 75.7 Å². The molecule has 0 bridgehead atoms. The van der Waals surface area contributed by atoms with Gasteiger partial charge in [-0.1, -0.05) is 57.2 Å². The van der Waals surface area contributed by atoms with Crippen molar-refractivity contribution in [2.75, 3.05) is 72.4 Å². The molecule has 3 aromatic heterocycles. The Hall–Kier alpha value is -6.62. The number of amides is 4. The topological polar surface area (TPSA) is 206 Å². The number of aliphatic hydroxyl groups is 1. The lowest BCUT2D eigenvalue weighted by molar-refractivity contribution is -0.144. The number of aryl methyl sites for hydroxylation is 1. The Balaban J connectivity index is 0.672. The van der Waals surface area contributed by atoms with Gasteiger partial charge in [-0.15, -0.1) is 11.3 Å². The van der Waals surface area contributed by atoms with E-state index in [9.17, 15) is 24.3 Å². The highest BCUT2D eigenvalue weighted by atomic mass is 32.1. The van der Waals surface area contributed by atoms with E-state index in [2.05, 4.69) is 25.7 Å². The Labute approximate surface area is 456 Å². The van der Waals surface area contributed by atoms with Gasteiger partial charge in [0.2, 0.25) is 23.6 Å². The number of piperidine rings is 1. The summed E-state index contributed by atoms with van der Waals surface area (Å²) in [5.74, 6) is -2.45. The number of halogens is 2. The van der Waals surface area contributed by atoms with Crippen LogP contribution in [0.4, 0.5) is 8.78 Å². The van der Waals surface area contributed by atoms with Crippen molar-refractivity contribution in [3.63, 3.8) is 0 Å². The zero-order chi connectivity index (χ0) is 54.9. The van der Waals surface area contributed by atoms with Crippen molar-refractivity contribution in [2.24, 2.45) is 5.41 Å². The molecule has 3 N–H and O–H groups in total. The van der Waals surface area contributed by atoms with Crippen LogP contribution >= 0.6 is 11.3 Å². The molecule has 18 nitrogen and oxygen atoms in total. The maximum Gasteiger partial charge on any atom is 0.246 e. The lowest BCUT2D eigenvalue weighted by Crippen LogP contribution is -2.57. The van der Waals surface area contributed by atoms with E-state index in [0.29, 0.717) is 80.1 Å². The fourth-order valence-electron chi connectivity index (χ4n) is 10.2. The molecule has 3 fully saturated rings. The second-order valence-electron chi connectivity index (χ2n) is 21.2. The molecule has 3 aliphatic rings. The number of hydrogen-bond donors (Lipinski definition) is 3. The molecule has 9 rings (SSSR count). The van der Waals surface area contributed by atoms with Gasteiger partial charge in [0.05, 0.1) is 103 Å². The molecular weight excluding hydrogens is 1020 g/mol. The van der Waals surface area contributed by atoms with Crippen LogP contribution in [0.15, 0.2) is 78.7 Å². The first-order valence-corrected chi connectivity index (χ1v) is 27.5. The number of morpholine rings is 1. The van der Waals surface area contributed by atoms with Crippen molar-refractivity contribution in [1.82, 2.24) is 50.1 Å². The predicted molar refractivity (Wildman–Crippen MR) is 290 cm³/mol. The minimum atomic E-state index is -0.961. The number of nitrogens with one attached hydrogen (secondary N) is 2. The van der Waals surface area contributed by atoms with Crippen molar-refractivity contribution in [3.8, 4) is 32.8 Å². The Morgan fingerprint density at radius 1 is 0.885 bits per heavy atom. The Morgan fingerprint density at radius 2 is 1.60 bits per heavy atom. The number of para-hydroxylation sites is 1. The number of aliphatic hydroxyl groups excluding tert-OH is 1. The van der Waals surface area contributed by atoms with E-state index in [1.165, 1.54) is 17.0 Å². The summed E-state index contributed by atoms with van der Waals surface area (Å²) in [5.41, 5.74) is 7.39. The highest BCUT2D eigenvalue weighted by Crippen LogP contribution is 2.33. The van der Waals surface area contributed by atoms with Gasteiger partial charge < -0.3 is 39.8 Å². The van der Waals surface area contributed by atoms with Crippen LogP contribution in [0.3, 0.4) is 0 Å². The molecule has 0 spiro atoms. The van der Waals surface area contributed by atoms with E-state index < -0.39 is 47.1 Å². The van der Waals surface area contributed by atoms with Crippen LogP contribution in [0.5, 0.6) is 0 Å². The smallest absolute Gasteiger partial charge is 0.246 e. The summed E-state index contributed by atoms with van der Waals surface area (Å²) in [6.07, 6.45) is 6.12. The molecule has 414 valence electrons. The normalized spacial score (nSPS) is 17.9. The van der Waals surface area contributed by atoms with Gasteiger partial charge in [-0.25, -0.2) is 18.7 Å². The summed E-state index contributed by atoms with van der Waals surface area (Å²) in [6, 6.07) is 14.2. The number of carbonyl (C=O) groups is 4. The summed E-state index contributed by atoms with van der Waals surface area (Å²) >= 11 is 1.57. The SMILES string of the molecule is Cc1ncsc1-c1ccc(CNC(=O)[C@@H]2C[C@@H](O)CN2C(=O)C(NC(=O)CCOCCOCCC(=O)N2CCC(n3cc(-c4cnc5cccc(-c6cc(F)c(CN7CCOCC7)c(F)c6)c5n4)cn3)CC2)C(C)(C)C)cc1. The second kappa shape index (κ2) is 25.4. The largest absolute Gasteiger partial charge is 0.391 e. The fraction of sp³-hybridized carbons (Fsp3) is 0.474. The highest BCUT2D eigenvalue weighted by molar-refractivity contribution is 7.13. The van der Waals surface area contributed by atoms with Crippen LogP contribution in [0, 0.1) is 24.0 Å². The number of benzene rings is 3. The lowest BCUT2D eigenvalue weighted by Gasteiger charge is -2.35. The molecule has 3 atom stereocenters. The average molecular weight is 1090 g/mol. The van der Waals surface area contributed by atoms with Crippen LogP contribution in [0.25, 0.3) is 43.9 Å². The third-order valence-electron chi connectivity index (χ3n) is 14.6. The number of rotatable bonds is 20. The minimum absolute atomic E-state index is 0.0107. The maximum atomic E-state index is 15.5. The van der Waals surface area contributed by atoms with Gasteiger partial charge >= 0.3 is 0 Å². The van der Waals surface area contributed by atoms with E-state index in [4.69, 9.17) is 19.2 Å². The van der Waals surface area contributed by atoms with Gasteiger partial charge in [-0.2, -0.15) is 5.10 Å². The van der Waals surface area contributed by atoms with Crippen LogP contribution in [-0.4, -0.2) is 159 Å². The summed E-state index contributed by atoms with van der Waals surface area (Å²) in [6.45, 7) is 12.0. The fourth-order valence-corrected chi connectivity index (χ4v) is 11.0. The molecule has 0 aliphatic carbocycles. The van der Waals surface area contributed by atoms with E-state index in [0.717, 1.165) is 27.3 Å². The first-order chi connectivity index (χ1) is 37.6.